The molecular weight excluding hydrogens is 260 g/mol. The number of carbonyl (C=O) groups is 1. The molecule has 0 saturated carbocycles. The summed E-state index contributed by atoms with van der Waals surface area (Å²) in [5, 5.41) is 5.17. The van der Waals surface area contributed by atoms with Crippen LogP contribution in [0.5, 0.6) is 5.75 Å². The van der Waals surface area contributed by atoms with Gasteiger partial charge in [0.15, 0.2) is 0 Å². The zero-order valence-electron chi connectivity index (χ0n) is 10.6. The number of thiophene rings is 1. The van der Waals surface area contributed by atoms with Crippen LogP contribution in [0.4, 0.5) is 0 Å². The molecule has 1 unspecified atom stereocenters. The van der Waals surface area contributed by atoms with E-state index in [1.54, 1.807) is 18.4 Å². The molecule has 4 nitrogen and oxygen atoms in total. The van der Waals surface area contributed by atoms with E-state index in [-0.39, 0.29) is 0 Å². The van der Waals surface area contributed by atoms with E-state index < -0.39 is 11.9 Å². The molecule has 1 aromatic heterocycles. The molecule has 0 radical (unpaired) electrons. The maximum absolute atomic E-state index is 11.6. The van der Waals surface area contributed by atoms with E-state index in [0.717, 1.165) is 10.4 Å². The van der Waals surface area contributed by atoms with Crippen LogP contribution in [0.15, 0.2) is 41.8 Å². The van der Waals surface area contributed by atoms with Gasteiger partial charge in [0, 0.05) is 11.4 Å². The highest BCUT2D eigenvalue weighted by Gasteiger charge is 2.17. The number of benzene rings is 1. The lowest BCUT2D eigenvalue weighted by Gasteiger charge is -2.16. The van der Waals surface area contributed by atoms with Crippen LogP contribution in [-0.4, -0.2) is 13.0 Å². The van der Waals surface area contributed by atoms with E-state index >= 15 is 0 Å². The molecule has 0 aliphatic rings. The van der Waals surface area contributed by atoms with Crippen molar-refractivity contribution in [2.45, 2.75) is 12.6 Å². The number of hydrogen-bond acceptors (Lipinski definition) is 4. The molecule has 0 fully saturated rings. The second kappa shape index (κ2) is 6.36. The number of amides is 1. The van der Waals surface area contributed by atoms with Gasteiger partial charge in [-0.05, 0) is 29.1 Å². The lowest BCUT2D eigenvalue weighted by molar-refractivity contribution is -0.120. The molecule has 0 bridgehead atoms. The van der Waals surface area contributed by atoms with Crippen LogP contribution in [0, 0.1) is 0 Å². The first kappa shape index (κ1) is 13.6. The molecule has 5 heteroatoms. The summed E-state index contributed by atoms with van der Waals surface area (Å²) in [4.78, 5) is 12.7. The average Bonchev–Trinajstić information content (AvgIpc) is 2.92. The van der Waals surface area contributed by atoms with Gasteiger partial charge in [-0.2, -0.15) is 0 Å². The van der Waals surface area contributed by atoms with Crippen molar-refractivity contribution in [3.05, 3.63) is 52.2 Å². The first-order valence-corrected chi connectivity index (χ1v) is 6.77. The second-order valence-electron chi connectivity index (χ2n) is 4.07. The summed E-state index contributed by atoms with van der Waals surface area (Å²) in [7, 11) is 1.59. The largest absolute Gasteiger partial charge is 0.497 e. The van der Waals surface area contributed by atoms with Gasteiger partial charge in [0.05, 0.1) is 7.11 Å². The third kappa shape index (κ3) is 3.56. The van der Waals surface area contributed by atoms with Crippen molar-refractivity contribution in [2.24, 2.45) is 5.73 Å². The number of nitrogens with two attached hydrogens (primary N) is 1. The number of hydrogen-bond donors (Lipinski definition) is 2. The zero-order valence-corrected chi connectivity index (χ0v) is 11.4. The van der Waals surface area contributed by atoms with Gasteiger partial charge in [-0.3, -0.25) is 10.1 Å². The van der Waals surface area contributed by atoms with Gasteiger partial charge in [0.25, 0.3) is 0 Å². The van der Waals surface area contributed by atoms with Gasteiger partial charge in [0.2, 0.25) is 5.91 Å². The van der Waals surface area contributed by atoms with Gasteiger partial charge in [-0.1, -0.05) is 18.2 Å². The Morgan fingerprint density at radius 1 is 1.42 bits per heavy atom. The molecule has 0 aliphatic heterocycles. The number of carbonyl (C=O) groups excluding carboxylic acids is 1. The maximum atomic E-state index is 11.6. The maximum Gasteiger partial charge on any atom is 0.239 e. The Morgan fingerprint density at radius 3 is 2.89 bits per heavy atom. The molecule has 2 aromatic rings. The summed E-state index contributed by atoms with van der Waals surface area (Å²) in [5.74, 6) is 0.312. The number of methoxy groups -OCH3 is 1. The molecule has 2 rings (SSSR count). The molecular formula is C14H16N2O2S. The first-order valence-electron chi connectivity index (χ1n) is 5.89. The molecule has 3 N–H and O–H groups in total. The van der Waals surface area contributed by atoms with Gasteiger partial charge < -0.3 is 10.5 Å². The van der Waals surface area contributed by atoms with Crippen molar-refractivity contribution in [1.29, 1.82) is 0 Å². The van der Waals surface area contributed by atoms with Crippen LogP contribution in [0.3, 0.4) is 0 Å². The molecule has 1 heterocycles. The van der Waals surface area contributed by atoms with E-state index in [1.165, 1.54) is 0 Å². The number of nitrogens with one attached hydrogen (secondary N) is 1. The van der Waals surface area contributed by atoms with Crippen molar-refractivity contribution in [2.75, 3.05) is 7.11 Å². The molecule has 1 atom stereocenters. The third-order valence-electron chi connectivity index (χ3n) is 2.77. The van der Waals surface area contributed by atoms with E-state index in [0.29, 0.717) is 12.3 Å². The van der Waals surface area contributed by atoms with Crippen molar-refractivity contribution < 1.29 is 9.53 Å². The Labute approximate surface area is 116 Å². The predicted octanol–water partition coefficient (Wildman–Crippen LogP) is 2.07. The van der Waals surface area contributed by atoms with Gasteiger partial charge in [-0.25, -0.2) is 0 Å². The number of primary amides is 1. The van der Waals surface area contributed by atoms with Gasteiger partial charge >= 0.3 is 0 Å². The highest BCUT2D eigenvalue weighted by Crippen LogP contribution is 2.20. The molecule has 0 aliphatic carbocycles. The molecule has 1 aromatic carbocycles. The Hall–Kier alpha value is -1.85. The van der Waals surface area contributed by atoms with E-state index in [2.05, 4.69) is 5.32 Å². The average molecular weight is 276 g/mol. The minimum absolute atomic E-state index is 0.398. The fraction of sp³-hybridized carbons (Fsp3) is 0.214. The van der Waals surface area contributed by atoms with Gasteiger partial charge in [0.1, 0.15) is 11.8 Å². The van der Waals surface area contributed by atoms with Crippen molar-refractivity contribution in [1.82, 2.24) is 5.32 Å². The topological polar surface area (TPSA) is 64.3 Å². The quantitative estimate of drug-likeness (QED) is 0.849. The van der Waals surface area contributed by atoms with Crippen molar-refractivity contribution in [3.63, 3.8) is 0 Å². The van der Waals surface area contributed by atoms with Crippen LogP contribution >= 0.6 is 11.3 Å². The van der Waals surface area contributed by atoms with Crippen LogP contribution in [0.25, 0.3) is 0 Å². The van der Waals surface area contributed by atoms with Crippen LogP contribution in [0.2, 0.25) is 0 Å². The normalized spacial score (nSPS) is 12.1. The minimum atomic E-state index is -0.516. The summed E-state index contributed by atoms with van der Waals surface area (Å²) in [5.41, 5.74) is 6.27. The molecule has 100 valence electrons. The Bertz CT molecular complexity index is 540. The highest BCUT2D eigenvalue weighted by molar-refractivity contribution is 7.09. The lowest BCUT2D eigenvalue weighted by atomic mass is 10.1. The third-order valence-corrected chi connectivity index (χ3v) is 3.65. The first-order chi connectivity index (χ1) is 9.20. The van der Waals surface area contributed by atoms with Crippen molar-refractivity contribution in [3.8, 4) is 5.75 Å². The summed E-state index contributed by atoms with van der Waals surface area (Å²) < 4.78 is 5.16. The monoisotopic (exact) mass is 276 g/mol. The van der Waals surface area contributed by atoms with Crippen LogP contribution < -0.4 is 15.8 Å². The summed E-state index contributed by atoms with van der Waals surface area (Å²) in [6.07, 6.45) is 0. The fourth-order valence-electron chi connectivity index (χ4n) is 1.82. The number of rotatable bonds is 6. The molecule has 0 spiro atoms. The smallest absolute Gasteiger partial charge is 0.239 e. The zero-order chi connectivity index (χ0) is 13.7. The summed E-state index contributed by atoms with van der Waals surface area (Å²) in [6, 6.07) is 10.8. The Balaban J connectivity index is 2.12. The highest BCUT2D eigenvalue weighted by atomic mass is 32.1. The Morgan fingerprint density at radius 2 is 2.26 bits per heavy atom. The SMILES string of the molecule is COc1cccc(C(NCc2cccs2)C(N)=O)c1. The Kier molecular flexibility index (Phi) is 4.54. The fourth-order valence-corrected chi connectivity index (χ4v) is 2.48. The summed E-state index contributed by atoms with van der Waals surface area (Å²) >= 11 is 1.64. The van der Waals surface area contributed by atoms with Gasteiger partial charge in [-0.15, -0.1) is 11.3 Å². The lowest BCUT2D eigenvalue weighted by Crippen LogP contribution is -2.33. The van der Waals surface area contributed by atoms with Crippen LogP contribution in [0.1, 0.15) is 16.5 Å². The molecule has 0 saturated heterocycles. The number of ether oxygens (including phenoxy) is 1. The standard InChI is InChI=1S/C14H16N2O2S/c1-18-11-5-2-4-10(8-11)13(14(15)17)16-9-12-6-3-7-19-12/h2-8,13,16H,9H2,1H3,(H2,15,17). The second-order valence-corrected chi connectivity index (χ2v) is 5.10. The van der Waals surface area contributed by atoms with E-state index in [1.807, 2.05) is 41.8 Å². The van der Waals surface area contributed by atoms with Crippen molar-refractivity contribution >= 4 is 17.2 Å². The predicted molar refractivity (Wildman–Crippen MR) is 76.1 cm³/mol. The van der Waals surface area contributed by atoms with E-state index in [4.69, 9.17) is 10.5 Å². The minimum Gasteiger partial charge on any atom is -0.497 e. The van der Waals surface area contributed by atoms with E-state index in [9.17, 15) is 4.79 Å². The molecule has 19 heavy (non-hydrogen) atoms. The van der Waals surface area contributed by atoms with Crippen LogP contribution in [-0.2, 0) is 11.3 Å². The summed E-state index contributed by atoms with van der Waals surface area (Å²) in [6.45, 7) is 0.614. The molecule has 1 amide bonds.